The maximum absolute atomic E-state index is 12.5. The molecule has 0 spiro atoms. The van der Waals surface area contributed by atoms with E-state index < -0.39 is 10.1 Å². The largest absolute Gasteiger partial charge is 0.493 e. The van der Waals surface area contributed by atoms with Gasteiger partial charge in [-0.3, -0.25) is 0 Å². The highest BCUT2D eigenvalue weighted by Crippen LogP contribution is 2.33. The second-order valence-corrected chi connectivity index (χ2v) is 9.26. The van der Waals surface area contributed by atoms with Crippen LogP contribution in [0, 0.1) is 11.3 Å². The number of hydrogen-bond acceptors (Lipinski definition) is 6. The van der Waals surface area contributed by atoms with Crippen LogP contribution in [0.2, 0.25) is 5.02 Å². The van der Waals surface area contributed by atoms with Crippen molar-refractivity contribution in [3.8, 4) is 23.3 Å². The Morgan fingerprint density at radius 1 is 0.969 bits per heavy atom. The second-order valence-electron chi connectivity index (χ2n) is 6.42. The maximum Gasteiger partial charge on any atom is 0.339 e. The van der Waals surface area contributed by atoms with Gasteiger partial charge in [0.05, 0.1) is 30.3 Å². The second kappa shape index (κ2) is 10.1. The predicted octanol–water partition coefficient (Wildman–Crippen LogP) is 5.95. The summed E-state index contributed by atoms with van der Waals surface area (Å²) in [7, 11) is -0.979. The number of allylic oxidation sites excluding steroid dienone is 1. The van der Waals surface area contributed by atoms with E-state index in [0.29, 0.717) is 37.7 Å². The van der Waals surface area contributed by atoms with E-state index in [4.69, 9.17) is 25.3 Å². The SMILES string of the molecule is COc1ccc(/C(C#N)=C/c2ccc(OS(=O)(=O)c3ccc(Cl)cc3)c(Br)c2)cc1OC. The Bertz CT molecular complexity index is 1320. The minimum atomic E-state index is -4.03. The predicted molar refractivity (Wildman–Crippen MR) is 126 cm³/mol. The lowest BCUT2D eigenvalue weighted by Gasteiger charge is -2.10. The van der Waals surface area contributed by atoms with Gasteiger partial charge in [-0.2, -0.15) is 13.7 Å². The first kappa shape index (κ1) is 23.7. The van der Waals surface area contributed by atoms with E-state index >= 15 is 0 Å². The van der Waals surface area contributed by atoms with Gasteiger partial charge in [0.1, 0.15) is 4.90 Å². The first-order chi connectivity index (χ1) is 15.3. The summed E-state index contributed by atoms with van der Waals surface area (Å²) in [6, 6.07) is 17.8. The monoisotopic (exact) mass is 533 g/mol. The number of ether oxygens (including phenoxy) is 2. The van der Waals surface area contributed by atoms with Crippen LogP contribution in [0.3, 0.4) is 0 Å². The molecule has 0 aliphatic heterocycles. The first-order valence-corrected chi connectivity index (χ1v) is 11.7. The molecule has 0 amide bonds. The van der Waals surface area contributed by atoms with E-state index in [1.807, 2.05) is 0 Å². The summed E-state index contributed by atoms with van der Waals surface area (Å²) in [5.41, 5.74) is 1.70. The zero-order chi connectivity index (χ0) is 23.3. The van der Waals surface area contributed by atoms with Crippen LogP contribution in [-0.4, -0.2) is 22.6 Å². The summed E-state index contributed by atoms with van der Waals surface area (Å²) in [6.45, 7) is 0. The molecule has 6 nitrogen and oxygen atoms in total. The quantitative estimate of drug-likeness (QED) is 0.211. The molecule has 0 saturated carbocycles. The van der Waals surface area contributed by atoms with Gasteiger partial charge >= 0.3 is 10.1 Å². The van der Waals surface area contributed by atoms with Crippen molar-refractivity contribution >= 4 is 49.3 Å². The molecular formula is C23H17BrClNO5S. The van der Waals surface area contributed by atoms with Gasteiger partial charge in [0.25, 0.3) is 0 Å². The number of rotatable bonds is 7. The van der Waals surface area contributed by atoms with E-state index in [2.05, 4.69) is 22.0 Å². The van der Waals surface area contributed by atoms with E-state index in [-0.39, 0.29) is 10.6 Å². The average Bonchev–Trinajstić information content (AvgIpc) is 2.79. The highest BCUT2D eigenvalue weighted by atomic mass is 79.9. The molecule has 3 aromatic rings. The van der Waals surface area contributed by atoms with E-state index in [9.17, 15) is 13.7 Å². The summed E-state index contributed by atoms with van der Waals surface area (Å²) >= 11 is 9.14. The molecule has 0 heterocycles. The lowest BCUT2D eigenvalue weighted by molar-refractivity contribution is 0.355. The fourth-order valence-corrected chi connectivity index (χ4v) is 4.45. The molecule has 0 aliphatic rings. The standard InChI is InChI=1S/C23H17BrClNO5S/c1-29-22-10-4-16(13-23(22)30-2)17(14-26)11-15-3-9-21(20(24)12-15)31-32(27,28)19-7-5-18(25)6-8-19/h3-13H,1-2H3/b17-11+. The highest BCUT2D eigenvalue weighted by Gasteiger charge is 2.18. The zero-order valence-electron chi connectivity index (χ0n) is 17.0. The summed E-state index contributed by atoms with van der Waals surface area (Å²) in [6.07, 6.45) is 1.67. The molecule has 3 rings (SSSR count). The topological polar surface area (TPSA) is 85.6 Å². The Hall–Kier alpha value is -2.99. The van der Waals surface area contributed by atoms with Crippen molar-refractivity contribution in [2.24, 2.45) is 0 Å². The summed E-state index contributed by atoms with van der Waals surface area (Å²) < 4.78 is 41.2. The van der Waals surface area contributed by atoms with Gasteiger partial charge in [-0.15, -0.1) is 0 Å². The normalized spacial score (nSPS) is 11.5. The van der Waals surface area contributed by atoms with Crippen LogP contribution >= 0.6 is 27.5 Å². The molecule has 0 radical (unpaired) electrons. The first-order valence-electron chi connectivity index (χ1n) is 9.11. The molecule has 0 fully saturated rings. The van der Waals surface area contributed by atoms with Crippen molar-refractivity contribution < 1.29 is 22.1 Å². The number of methoxy groups -OCH3 is 2. The van der Waals surface area contributed by atoms with Crippen molar-refractivity contribution in [3.05, 3.63) is 81.3 Å². The minimum absolute atomic E-state index is 0.0157. The lowest BCUT2D eigenvalue weighted by Crippen LogP contribution is -2.10. The number of halogens is 2. The molecule has 0 bridgehead atoms. The van der Waals surface area contributed by atoms with Crippen molar-refractivity contribution in [3.63, 3.8) is 0 Å². The van der Waals surface area contributed by atoms with Crippen LogP contribution in [0.25, 0.3) is 11.6 Å². The molecule has 0 unspecified atom stereocenters. The van der Waals surface area contributed by atoms with E-state index in [1.165, 1.54) is 44.6 Å². The number of nitrogens with zero attached hydrogens (tertiary/aromatic N) is 1. The van der Waals surface area contributed by atoms with Gasteiger partial charge < -0.3 is 13.7 Å². The Morgan fingerprint density at radius 3 is 2.22 bits per heavy atom. The van der Waals surface area contributed by atoms with Crippen molar-refractivity contribution in [2.45, 2.75) is 4.90 Å². The molecule has 164 valence electrons. The van der Waals surface area contributed by atoms with Crippen LogP contribution in [-0.2, 0) is 10.1 Å². The van der Waals surface area contributed by atoms with Gasteiger partial charge in [-0.05, 0) is 87.7 Å². The number of nitriles is 1. The molecule has 0 atom stereocenters. The molecule has 0 aliphatic carbocycles. The number of benzene rings is 3. The van der Waals surface area contributed by atoms with Crippen LogP contribution in [0.4, 0.5) is 0 Å². The molecule has 3 aromatic carbocycles. The number of hydrogen-bond donors (Lipinski definition) is 0. The molecule has 9 heteroatoms. The summed E-state index contributed by atoms with van der Waals surface area (Å²) in [5, 5.41) is 10.1. The van der Waals surface area contributed by atoms with Gasteiger partial charge in [-0.25, -0.2) is 0 Å². The lowest BCUT2D eigenvalue weighted by atomic mass is 10.0. The third-order valence-electron chi connectivity index (χ3n) is 4.38. The molecule has 32 heavy (non-hydrogen) atoms. The minimum Gasteiger partial charge on any atom is -0.493 e. The zero-order valence-corrected chi connectivity index (χ0v) is 20.2. The van der Waals surface area contributed by atoms with Gasteiger partial charge in [0.15, 0.2) is 17.2 Å². The van der Waals surface area contributed by atoms with Crippen LogP contribution < -0.4 is 13.7 Å². The third kappa shape index (κ3) is 5.43. The molecule has 0 aromatic heterocycles. The smallest absolute Gasteiger partial charge is 0.339 e. The Kier molecular flexibility index (Phi) is 7.46. The molecule has 0 N–H and O–H groups in total. The van der Waals surface area contributed by atoms with Crippen molar-refractivity contribution in [2.75, 3.05) is 14.2 Å². The fourth-order valence-electron chi connectivity index (χ4n) is 2.79. The van der Waals surface area contributed by atoms with Gasteiger partial charge in [0, 0.05) is 5.02 Å². The fraction of sp³-hybridized carbons (Fsp3) is 0.0870. The highest BCUT2D eigenvalue weighted by molar-refractivity contribution is 9.10. The maximum atomic E-state index is 12.5. The van der Waals surface area contributed by atoms with Crippen LogP contribution in [0.15, 0.2) is 70.0 Å². The van der Waals surface area contributed by atoms with Crippen molar-refractivity contribution in [1.82, 2.24) is 0 Å². The van der Waals surface area contributed by atoms with Crippen molar-refractivity contribution in [1.29, 1.82) is 5.26 Å². The summed E-state index contributed by atoms with van der Waals surface area (Å²) in [5.74, 6) is 1.17. The third-order valence-corrected chi connectivity index (χ3v) is 6.50. The Labute approximate surface area is 199 Å². The van der Waals surface area contributed by atoms with Gasteiger partial charge in [0.2, 0.25) is 0 Å². The summed E-state index contributed by atoms with van der Waals surface area (Å²) in [4.78, 5) is -0.0157. The van der Waals surface area contributed by atoms with E-state index in [0.717, 1.165) is 0 Å². The Balaban J connectivity index is 1.89. The average molecular weight is 535 g/mol. The van der Waals surface area contributed by atoms with Gasteiger partial charge in [-0.1, -0.05) is 17.7 Å². The van der Waals surface area contributed by atoms with Crippen LogP contribution in [0.5, 0.6) is 17.2 Å². The molecular weight excluding hydrogens is 518 g/mol. The van der Waals surface area contributed by atoms with E-state index in [1.54, 1.807) is 36.4 Å². The Morgan fingerprint density at radius 2 is 1.62 bits per heavy atom. The van der Waals surface area contributed by atoms with Crippen LogP contribution in [0.1, 0.15) is 11.1 Å². The molecule has 0 saturated heterocycles.